The number of carbonyl (C=O) groups is 1. The number of hydrogen-bond donors (Lipinski definition) is 2. The second kappa shape index (κ2) is 5.65. The van der Waals surface area contributed by atoms with E-state index in [-0.39, 0.29) is 5.91 Å². The fraction of sp³-hybridized carbons (Fsp3) is 0.400. The Hall–Kier alpha value is -1.03. The van der Waals surface area contributed by atoms with Gasteiger partial charge >= 0.3 is 0 Å². The number of nitrogens with one attached hydrogen (secondary N) is 1. The van der Waals surface area contributed by atoms with Crippen LogP contribution in [0.2, 0.25) is 0 Å². The van der Waals surface area contributed by atoms with Gasteiger partial charge in [0.25, 0.3) is 0 Å². The van der Waals surface area contributed by atoms with Gasteiger partial charge in [0.05, 0.1) is 12.2 Å². The van der Waals surface area contributed by atoms with Crippen molar-refractivity contribution < 1.29 is 4.79 Å². The van der Waals surface area contributed by atoms with Gasteiger partial charge in [-0.05, 0) is 24.8 Å². The van der Waals surface area contributed by atoms with Crippen LogP contribution in [0.15, 0.2) is 18.2 Å². The monoisotopic (exact) mass is 210 g/mol. The summed E-state index contributed by atoms with van der Waals surface area (Å²) < 4.78 is 0. The van der Waals surface area contributed by atoms with E-state index in [0.29, 0.717) is 18.7 Å². The van der Waals surface area contributed by atoms with Gasteiger partial charge < -0.3 is 5.32 Å². The molecule has 0 aliphatic heterocycles. The first-order valence-corrected chi connectivity index (χ1v) is 5.15. The van der Waals surface area contributed by atoms with Crippen molar-refractivity contribution in [1.29, 1.82) is 0 Å². The van der Waals surface area contributed by atoms with E-state index < -0.39 is 0 Å². The summed E-state index contributed by atoms with van der Waals surface area (Å²) >= 11 is 3.98. The van der Waals surface area contributed by atoms with Gasteiger partial charge in [0.1, 0.15) is 0 Å². The molecule has 1 aromatic rings. The number of pyridine rings is 1. The van der Waals surface area contributed by atoms with Crippen LogP contribution in [0.5, 0.6) is 0 Å². The third-order valence-electron chi connectivity index (χ3n) is 1.75. The molecule has 0 aromatic carbocycles. The number of aromatic nitrogens is 1. The number of amides is 1. The van der Waals surface area contributed by atoms with E-state index in [1.807, 2.05) is 25.1 Å². The molecule has 0 fully saturated rings. The molecule has 0 aliphatic carbocycles. The molecule has 0 bridgehead atoms. The molecule has 1 rings (SSSR count). The second-order valence-electron chi connectivity index (χ2n) is 3.02. The van der Waals surface area contributed by atoms with Crippen molar-refractivity contribution >= 4 is 18.5 Å². The van der Waals surface area contributed by atoms with Crippen molar-refractivity contribution in [2.75, 3.05) is 5.75 Å². The van der Waals surface area contributed by atoms with Gasteiger partial charge in [-0.1, -0.05) is 6.07 Å². The van der Waals surface area contributed by atoms with Crippen molar-refractivity contribution in [2.45, 2.75) is 19.9 Å². The summed E-state index contributed by atoms with van der Waals surface area (Å²) in [4.78, 5) is 15.4. The molecule has 0 saturated heterocycles. The van der Waals surface area contributed by atoms with E-state index in [9.17, 15) is 4.79 Å². The zero-order chi connectivity index (χ0) is 10.4. The average Bonchev–Trinajstić information content (AvgIpc) is 2.15. The normalized spacial score (nSPS) is 9.86. The highest BCUT2D eigenvalue weighted by atomic mass is 32.1. The lowest BCUT2D eigenvalue weighted by molar-refractivity contribution is -0.120. The SMILES string of the molecule is Cc1cccc(CNC(=O)CCS)n1. The molecule has 14 heavy (non-hydrogen) atoms. The van der Waals surface area contributed by atoms with E-state index in [0.717, 1.165) is 11.4 Å². The molecule has 1 aromatic heterocycles. The van der Waals surface area contributed by atoms with Crippen LogP contribution in [0.25, 0.3) is 0 Å². The minimum atomic E-state index is 0.0170. The minimum Gasteiger partial charge on any atom is -0.350 e. The molecule has 3 nitrogen and oxygen atoms in total. The van der Waals surface area contributed by atoms with Crippen LogP contribution in [-0.4, -0.2) is 16.6 Å². The smallest absolute Gasteiger partial charge is 0.221 e. The van der Waals surface area contributed by atoms with Crippen molar-refractivity contribution in [3.63, 3.8) is 0 Å². The Labute approximate surface area is 89.3 Å². The number of thiol groups is 1. The highest BCUT2D eigenvalue weighted by molar-refractivity contribution is 7.80. The number of rotatable bonds is 4. The molecule has 4 heteroatoms. The maximum Gasteiger partial charge on any atom is 0.221 e. The Bertz CT molecular complexity index is 315. The molecule has 0 atom stereocenters. The van der Waals surface area contributed by atoms with Crippen molar-refractivity contribution in [1.82, 2.24) is 10.3 Å². The molecule has 0 saturated carbocycles. The lowest BCUT2D eigenvalue weighted by Gasteiger charge is -2.03. The van der Waals surface area contributed by atoms with Crippen molar-refractivity contribution in [2.24, 2.45) is 0 Å². The van der Waals surface area contributed by atoms with Crippen LogP contribution in [-0.2, 0) is 11.3 Å². The van der Waals surface area contributed by atoms with E-state index in [2.05, 4.69) is 22.9 Å². The van der Waals surface area contributed by atoms with Crippen LogP contribution in [0.4, 0.5) is 0 Å². The van der Waals surface area contributed by atoms with Gasteiger partial charge in [-0.15, -0.1) is 0 Å². The standard InChI is InChI=1S/C10H14N2OS/c1-8-3-2-4-9(12-8)7-11-10(13)5-6-14/h2-4,14H,5-7H2,1H3,(H,11,13). The highest BCUT2D eigenvalue weighted by Gasteiger charge is 1.99. The van der Waals surface area contributed by atoms with Gasteiger partial charge in [-0.25, -0.2) is 0 Å². The Morgan fingerprint density at radius 1 is 1.57 bits per heavy atom. The molecule has 0 aliphatic rings. The number of hydrogen-bond acceptors (Lipinski definition) is 3. The van der Waals surface area contributed by atoms with Crippen LogP contribution in [0.1, 0.15) is 17.8 Å². The molecule has 1 heterocycles. The van der Waals surface area contributed by atoms with Gasteiger partial charge in [0.2, 0.25) is 5.91 Å². The molecule has 0 spiro atoms. The quantitative estimate of drug-likeness (QED) is 0.736. The molecule has 1 N–H and O–H groups in total. The highest BCUT2D eigenvalue weighted by Crippen LogP contribution is 1.97. The number of nitrogens with zero attached hydrogens (tertiary/aromatic N) is 1. The predicted molar refractivity (Wildman–Crippen MR) is 59.3 cm³/mol. The summed E-state index contributed by atoms with van der Waals surface area (Å²) in [5, 5.41) is 2.78. The van der Waals surface area contributed by atoms with Crippen LogP contribution in [0.3, 0.4) is 0 Å². The third kappa shape index (κ3) is 3.79. The summed E-state index contributed by atoms with van der Waals surface area (Å²) in [6.07, 6.45) is 0.453. The van der Waals surface area contributed by atoms with Crippen molar-refractivity contribution in [3.05, 3.63) is 29.6 Å². The fourth-order valence-electron chi connectivity index (χ4n) is 1.08. The molecule has 1 amide bonds. The maximum absolute atomic E-state index is 11.1. The van der Waals surface area contributed by atoms with Gasteiger partial charge in [-0.2, -0.15) is 12.6 Å². The van der Waals surface area contributed by atoms with Crippen LogP contribution >= 0.6 is 12.6 Å². The summed E-state index contributed by atoms with van der Waals surface area (Å²) in [6.45, 7) is 2.42. The van der Waals surface area contributed by atoms with Gasteiger partial charge in [0, 0.05) is 12.1 Å². The fourth-order valence-corrected chi connectivity index (χ4v) is 1.28. The van der Waals surface area contributed by atoms with Gasteiger partial charge in [-0.3, -0.25) is 9.78 Å². The zero-order valence-corrected chi connectivity index (χ0v) is 9.05. The van der Waals surface area contributed by atoms with Crippen LogP contribution < -0.4 is 5.32 Å². The first-order chi connectivity index (χ1) is 6.72. The maximum atomic E-state index is 11.1. The Morgan fingerprint density at radius 2 is 2.36 bits per heavy atom. The van der Waals surface area contributed by atoms with E-state index >= 15 is 0 Å². The predicted octanol–water partition coefficient (Wildman–Crippen LogP) is 1.33. The largest absolute Gasteiger partial charge is 0.350 e. The Morgan fingerprint density at radius 3 is 3.00 bits per heavy atom. The van der Waals surface area contributed by atoms with Crippen molar-refractivity contribution in [3.8, 4) is 0 Å². The van der Waals surface area contributed by atoms with Gasteiger partial charge in [0.15, 0.2) is 0 Å². The van der Waals surface area contributed by atoms with Crippen LogP contribution in [0, 0.1) is 6.92 Å². The first kappa shape index (κ1) is 11.0. The molecular weight excluding hydrogens is 196 g/mol. The van der Waals surface area contributed by atoms with E-state index in [4.69, 9.17) is 0 Å². The summed E-state index contributed by atoms with van der Waals surface area (Å²) in [5.41, 5.74) is 1.85. The molecule has 0 radical (unpaired) electrons. The third-order valence-corrected chi connectivity index (χ3v) is 1.98. The lowest BCUT2D eigenvalue weighted by Crippen LogP contribution is -2.23. The summed E-state index contributed by atoms with van der Waals surface area (Å²) in [7, 11) is 0. The summed E-state index contributed by atoms with van der Waals surface area (Å²) in [6, 6.07) is 5.76. The van der Waals surface area contributed by atoms with E-state index in [1.165, 1.54) is 0 Å². The molecule has 0 unspecified atom stereocenters. The second-order valence-corrected chi connectivity index (χ2v) is 3.47. The average molecular weight is 210 g/mol. The lowest BCUT2D eigenvalue weighted by atomic mass is 10.3. The molecule has 76 valence electrons. The summed E-state index contributed by atoms with van der Waals surface area (Å²) in [5.74, 6) is 0.593. The Balaban J connectivity index is 2.41. The molecular formula is C10H14N2OS. The number of aryl methyl sites for hydroxylation is 1. The zero-order valence-electron chi connectivity index (χ0n) is 8.16. The Kier molecular flexibility index (Phi) is 4.46. The van der Waals surface area contributed by atoms with E-state index in [1.54, 1.807) is 0 Å². The number of carbonyl (C=O) groups excluding carboxylic acids is 1. The minimum absolute atomic E-state index is 0.0170. The topological polar surface area (TPSA) is 42.0 Å². The first-order valence-electron chi connectivity index (χ1n) is 4.52.